The van der Waals surface area contributed by atoms with Crippen LogP contribution < -0.4 is 11.5 Å². The molecule has 0 aromatic carbocycles. The Balaban J connectivity index is 2.35. The molecule has 0 aliphatic heterocycles. The van der Waals surface area contributed by atoms with Crippen LogP contribution in [0.4, 0.5) is 4.39 Å². The average molecular weight is 253 g/mol. The van der Waals surface area contributed by atoms with Gasteiger partial charge in [0.05, 0.1) is 12.2 Å². The van der Waals surface area contributed by atoms with E-state index >= 15 is 0 Å². The fraction of sp³-hybridized carbons (Fsp3) is 0.500. The summed E-state index contributed by atoms with van der Waals surface area (Å²) in [6, 6.07) is 0. The molecule has 0 saturated carbocycles. The third kappa shape index (κ3) is 5.47. The van der Waals surface area contributed by atoms with Gasteiger partial charge in [-0.15, -0.1) is 5.10 Å². The van der Waals surface area contributed by atoms with Gasteiger partial charge < -0.3 is 11.5 Å². The summed E-state index contributed by atoms with van der Waals surface area (Å²) in [6.45, 7) is 3.80. The highest BCUT2D eigenvalue weighted by Gasteiger charge is 2.09. The zero-order valence-electron chi connectivity index (χ0n) is 10.8. The lowest BCUT2D eigenvalue weighted by molar-refractivity contribution is 0.267. The summed E-state index contributed by atoms with van der Waals surface area (Å²) in [5.74, 6) is 0. The van der Waals surface area contributed by atoms with Crippen molar-refractivity contribution in [1.29, 1.82) is 0 Å². The van der Waals surface area contributed by atoms with Gasteiger partial charge in [-0.25, -0.2) is 9.07 Å². The first-order chi connectivity index (χ1) is 8.47. The molecule has 5 nitrogen and oxygen atoms in total. The van der Waals surface area contributed by atoms with Crippen LogP contribution in [0, 0.1) is 6.92 Å². The van der Waals surface area contributed by atoms with E-state index < -0.39 is 6.17 Å². The van der Waals surface area contributed by atoms with Gasteiger partial charge in [0.15, 0.2) is 0 Å². The average Bonchev–Trinajstić information content (AvgIpc) is 2.69. The Hall–Kier alpha value is -1.85. The molecule has 1 aromatic rings. The molecular formula is C12H20FN5. The molecule has 0 amide bonds. The van der Waals surface area contributed by atoms with Gasteiger partial charge in [0.25, 0.3) is 0 Å². The van der Waals surface area contributed by atoms with Crippen LogP contribution in [0.1, 0.15) is 25.5 Å². The fourth-order valence-electron chi connectivity index (χ4n) is 1.42. The summed E-state index contributed by atoms with van der Waals surface area (Å²) in [6.07, 6.45) is 5.01. The summed E-state index contributed by atoms with van der Waals surface area (Å²) in [4.78, 5) is 0. The Bertz CT molecular complexity index is 431. The normalized spacial score (nSPS) is 14.8. The van der Waals surface area contributed by atoms with Crippen molar-refractivity contribution in [2.75, 3.05) is 0 Å². The lowest BCUT2D eigenvalue weighted by Gasteiger charge is -2.07. The van der Waals surface area contributed by atoms with Gasteiger partial charge in [0.2, 0.25) is 0 Å². The van der Waals surface area contributed by atoms with E-state index in [0.29, 0.717) is 24.2 Å². The van der Waals surface area contributed by atoms with Gasteiger partial charge >= 0.3 is 0 Å². The molecular weight excluding hydrogens is 233 g/mol. The molecule has 6 heteroatoms. The Labute approximate surface area is 106 Å². The Morgan fingerprint density at radius 2 is 2.22 bits per heavy atom. The molecule has 4 N–H and O–H groups in total. The number of hydrogen-bond donors (Lipinski definition) is 2. The number of allylic oxidation sites excluding steroid dienone is 4. The minimum atomic E-state index is -0.985. The summed E-state index contributed by atoms with van der Waals surface area (Å²) in [7, 11) is 0. The molecule has 100 valence electrons. The minimum Gasteiger partial charge on any atom is -0.402 e. The van der Waals surface area contributed by atoms with Gasteiger partial charge in [-0.05, 0) is 38.8 Å². The number of nitrogens with zero attached hydrogens (tertiary/aromatic N) is 3. The first kappa shape index (κ1) is 14.2. The number of aryl methyl sites for hydroxylation is 1. The fourth-order valence-corrected chi connectivity index (χ4v) is 1.42. The van der Waals surface area contributed by atoms with E-state index in [0.717, 1.165) is 5.69 Å². The van der Waals surface area contributed by atoms with Crippen LogP contribution in [0.2, 0.25) is 0 Å². The molecule has 0 radical (unpaired) electrons. The maximum atomic E-state index is 13.6. The van der Waals surface area contributed by atoms with Crippen LogP contribution in [0.25, 0.3) is 0 Å². The summed E-state index contributed by atoms with van der Waals surface area (Å²) >= 11 is 0. The predicted molar refractivity (Wildman–Crippen MR) is 69.1 cm³/mol. The van der Waals surface area contributed by atoms with E-state index in [-0.39, 0.29) is 6.54 Å². The minimum absolute atomic E-state index is 0.208. The van der Waals surface area contributed by atoms with Gasteiger partial charge in [-0.3, -0.25) is 0 Å². The molecule has 0 bridgehead atoms. The molecule has 1 unspecified atom stereocenters. The summed E-state index contributed by atoms with van der Waals surface area (Å²) < 4.78 is 15.1. The third-order valence-electron chi connectivity index (χ3n) is 2.34. The maximum absolute atomic E-state index is 13.6. The van der Waals surface area contributed by atoms with Crippen molar-refractivity contribution in [2.24, 2.45) is 11.5 Å². The lowest BCUT2D eigenvalue weighted by Crippen LogP contribution is -2.13. The van der Waals surface area contributed by atoms with Crippen LogP contribution in [0.15, 0.2) is 29.7 Å². The van der Waals surface area contributed by atoms with E-state index in [1.165, 1.54) is 4.68 Å². The van der Waals surface area contributed by atoms with Gasteiger partial charge in [0.1, 0.15) is 6.17 Å². The van der Waals surface area contributed by atoms with E-state index in [1.807, 2.05) is 6.92 Å². The van der Waals surface area contributed by atoms with Crippen LogP contribution in [-0.2, 0) is 6.54 Å². The second-order valence-corrected chi connectivity index (χ2v) is 4.37. The molecule has 1 heterocycles. The smallest absolute Gasteiger partial charge is 0.120 e. The number of alkyl halides is 1. The third-order valence-corrected chi connectivity index (χ3v) is 2.34. The molecule has 18 heavy (non-hydrogen) atoms. The highest BCUT2D eigenvalue weighted by Crippen LogP contribution is 2.08. The van der Waals surface area contributed by atoms with Crippen LogP contribution in [-0.4, -0.2) is 21.2 Å². The number of aromatic nitrogens is 3. The number of rotatable bonds is 6. The lowest BCUT2D eigenvalue weighted by atomic mass is 10.1. The SMILES string of the molecule is C/C(N)=C/C=C(\N)CCC(F)Cn1cc(C)nn1. The predicted octanol–water partition coefficient (Wildman–Crippen LogP) is 1.41. The topological polar surface area (TPSA) is 82.8 Å². The second-order valence-electron chi connectivity index (χ2n) is 4.37. The number of halogens is 1. The first-order valence-electron chi connectivity index (χ1n) is 5.86. The van der Waals surface area contributed by atoms with Crippen LogP contribution in [0.3, 0.4) is 0 Å². The maximum Gasteiger partial charge on any atom is 0.120 e. The van der Waals surface area contributed by atoms with E-state index in [1.54, 1.807) is 25.3 Å². The zero-order valence-corrected chi connectivity index (χ0v) is 10.8. The van der Waals surface area contributed by atoms with Gasteiger partial charge in [0, 0.05) is 17.6 Å². The Morgan fingerprint density at radius 1 is 1.50 bits per heavy atom. The van der Waals surface area contributed by atoms with Gasteiger partial charge in [-0.2, -0.15) is 0 Å². The van der Waals surface area contributed by atoms with E-state index in [9.17, 15) is 4.39 Å². The molecule has 1 aromatic heterocycles. The molecule has 0 aliphatic rings. The van der Waals surface area contributed by atoms with Gasteiger partial charge in [-0.1, -0.05) is 5.21 Å². The van der Waals surface area contributed by atoms with Crippen molar-refractivity contribution < 1.29 is 4.39 Å². The summed E-state index contributed by atoms with van der Waals surface area (Å²) in [5.41, 5.74) is 13.3. The van der Waals surface area contributed by atoms with Crippen molar-refractivity contribution in [3.05, 3.63) is 35.4 Å². The van der Waals surface area contributed by atoms with Crippen molar-refractivity contribution in [3.8, 4) is 0 Å². The van der Waals surface area contributed by atoms with Crippen molar-refractivity contribution in [2.45, 2.75) is 39.4 Å². The Morgan fingerprint density at radius 3 is 2.78 bits per heavy atom. The van der Waals surface area contributed by atoms with Crippen molar-refractivity contribution in [3.63, 3.8) is 0 Å². The van der Waals surface area contributed by atoms with Crippen molar-refractivity contribution in [1.82, 2.24) is 15.0 Å². The Kier molecular flexibility index (Phi) is 5.35. The molecule has 1 atom stereocenters. The molecule has 0 aliphatic carbocycles. The standard InChI is InChI=1S/C12H20FN5/c1-9(14)3-5-12(15)6-4-11(13)8-18-7-10(2)16-17-18/h3,5,7,11H,4,6,8,14-15H2,1-2H3/b9-3-,12-5-. The van der Waals surface area contributed by atoms with Crippen LogP contribution in [0.5, 0.6) is 0 Å². The second kappa shape index (κ2) is 6.78. The molecule has 0 saturated heterocycles. The van der Waals surface area contributed by atoms with E-state index in [4.69, 9.17) is 11.5 Å². The zero-order chi connectivity index (χ0) is 13.5. The van der Waals surface area contributed by atoms with E-state index in [2.05, 4.69) is 10.3 Å². The first-order valence-corrected chi connectivity index (χ1v) is 5.86. The summed E-state index contributed by atoms with van der Waals surface area (Å²) in [5, 5.41) is 7.60. The number of nitrogens with two attached hydrogens (primary N) is 2. The molecule has 0 spiro atoms. The quantitative estimate of drug-likeness (QED) is 0.751. The number of hydrogen-bond acceptors (Lipinski definition) is 4. The largest absolute Gasteiger partial charge is 0.402 e. The molecule has 1 rings (SSSR count). The highest BCUT2D eigenvalue weighted by molar-refractivity contribution is 5.12. The highest BCUT2D eigenvalue weighted by atomic mass is 19.1. The molecule has 0 fully saturated rings. The monoisotopic (exact) mass is 253 g/mol. The van der Waals surface area contributed by atoms with Crippen LogP contribution >= 0.6 is 0 Å². The van der Waals surface area contributed by atoms with Crippen molar-refractivity contribution >= 4 is 0 Å².